The van der Waals surface area contributed by atoms with Crippen LogP contribution in [0.4, 0.5) is 5.82 Å². The predicted molar refractivity (Wildman–Crippen MR) is 151 cm³/mol. The number of pyridine rings is 1. The minimum Gasteiger partial charge on any atom is -0.366 e. The first kappa shape index (κ1) is 25.6. The molecule has 3 heterocycles. The van der Waals surface area contributed by atoms with Crippen molar-refractivity contribution in [2.24, 2.45) is 5.92 Å². The number of ketones is 1. The number of halogens is 1. The topological polar surface area (TPSA) is 72.2 Å². The molecule has 2 unspecified atom stereocenters. The van der Waals surface area contributed by atoms with Crippen molar-refractivity contribution in [3.8, 4) is 0 Å². The molecule has 1 aliphatic carbocycles. The molecule has 6 nitrogen and oxygen atoms in total. The van der Waals surface area contributed by atoms with Gasteiger partial charge in [-0.15, -0.1) is 0 Å². The van der Waals surface area contributed by atoms with Crippen LogP contribution < -0.4 is 5.32 Å². The van der Waals surface area contributed by atoms with Crippen molar-refractivity contribution in [2.45, 2.75) is 70.8 Å². The number of aromatic nitrogens is 4. The average molecular weight is 561 g/mol. The van der Waals surface area contributed by atoms with E-state index in [0.717, 1.165) is 72.1 Å². The summed E-state index contributed by atoms with van der Waals surface area (Å²) in [7, 11) is 0. The van der Waals surface area contributed by atoms with Gasteiger partial charge >= 0.3 is 0 Å². The zero-order chi connectivity index (χ0) is 25.6. The summed E-state index contributed by atoms with van der Waals surface area (Å²) in [4.78, 5) is 22.3. The van der Waals surface area contributed by atoms with E-state index in [1.165, 1.54) is 11.1 Å². The van der Waals surface area contributed by atoms with Gasteiger partial charge in [0, 0.05) is 49.0 Å². The fourth-order valence-corrected chi connectivity index (χ4v) is 5.82. The average Bonchev–Trinajstić information content (AvgIpc) is 3.32. The number of aryl methyl sites for hydroxylation is 1. The van der Waals surface area contributed by atoms with Gasteiger partial charge in [-0.1, -0.05) is 43.7 Å². The Morgan fingerprint density at radius 3 is 2.84 bits per heavy atom. The monoisotopic (exact) mass is 559 g/mol. The Bertz CT molecular complexity index is 1350. The lowest BCUT2D eigenvalue weighted by Crippen LogP contribution is -2.22. The molecule has 0 saturated heterocycles. The van der Waals surface area contributed by atoms with Crippen LogP contribution >= 0.6 is 15.9 Å². The SMILES string of the molecule is CCCC(CCCC(=O)C1CCc2ccccc2C1)c1cc(NCc2cccnc2)n2ncc(Br)c2n1. The van der Waals surface area contributed by atoms with Gasteiger partial charge in [-0.25, -0.2) is 4.98 Å². The van der Waals surface area contributed by atoms with Gasteiger partial charge in [0.2, 0.25) is 0 Å². The maximum Gasteiger partial charge on any atom is 0.171 e. The number of rotatable bonds is 11. The fraction of sp³-hybridized carbons (Fsp3) is 0.400. The van der Waals surface area contributed by atoms with Gasteiger partial charge in [-0.2, -0.15) is 9.61 Å². The highest BCUT2D eigenvalue weighted by Crippen LogP contribution is 2.32. The summed E-state index contributed by atoms with van der Waals surface area (Å²) in [6.45, 7) is 2.87. The lowest BCUT2D eigenvalue weighted by molar-refractivity contribution is -0.123. The van der Waals surface area contributed by atoms with Crippen LogP contribution in [0.15, 0.2) is 65.5 Å². The predicted octanol–water partition coefficient (Wildman–Crippen LogP) is 6.93. The van der Waals surface area contributed by atoms with Crippen LogP contribution in [-0.4, -0.2) is 25.4 Å². The second-order valence-electron chi connectivity index (χ2n) is 10.1. The van der Waals surface area contributed by atoms with Gasteiger partial charge in [-0.05, 0) is 77.2 Å². The number of benzene rings is 1. The van der Waals surface area contributed by atoms with Gasteiger partial charge in [0.15, 0.2) is 5.65 Å². The molecule has 192 valence electrons. The molecule has 0 radical (unpaired) electrons. The number of anilines is 1. The normalized spacial score (nSPS) is 15.9. The molecule has 37 heavy (non-hydrogen) atoms. The Balaban J connectivity index is 1.27. The smallest absolute Gasteiger partial charge is 0.171 e. The van der Waals surface area contributed by atoms with Crippen LogP contribution in [0, 0.1) is 5.92 Å². The van der Waals surface area contributed by atoms with E-state index in [0.29, 0.717) is 24.7 Å². The number of hydrogen-bond donors (Lipinski definition) is 1. The van der Waals surface area contributed by atoms with E-state index in [1.807, 2.05) is 16.8 Å². The van der Waals surface area contributed by atoms with Crippen molar-refractivity contribution in [2.75, 3.05) is 5.32 Å². The minimum absolute atomic E-state index is 0.167. The van der Waals surface area contributed by atoms with Crippen LogP contribution in [0.2, 0.25) is 0 Å². The van der Waals surface area contributed by atoms with E-state index in [9.17, 15) is 4.79 Å². The second-order valence-corrected chi connectivity index (χ2v) is 10.9. The largest absolute Gasteiger partial charge is 0.366 e. The van der Waals surface area contributed by atoms with E-state index < -0.39 is 0 Å². The fourth-order valence-electron chi connectivity index (χ4n) is 5.47. The maximum absolute atomic E-state index is 13.1. The first-order chi connectivity index (χ1) is 18.1. The van der Waals surface area contributed by atoms with Crippen molar-refractivity contribution in [1.82, 2.24) is 19.6 Å². The van der Waals surface area contributed by atoms with Gasteiger partial charge in [0.1, 0.15) is 11.6 Å². The summed E-state index contributed by atoms with van der Waals surface area (Å²) < 4.78 is 2.72. The van der Waals surface area contributed by atoms with Crippen LogP contribution in [0.3, 0.4) is 0 Å². The standard InChI is InChI=1S/C30H34BrN5O/c1-2-7-23(11-5-12-28(37)25-14-13-22-9-3-4-10-24(22)16-25)27-17-29(33-19-21-8-6-15-32-18-21)36-30(35-27)26(31)20-34-36/h3-4,6,8-10,15,17-18,20,23,25,33H,2,5,7,11-14,16,19H2,1H3. The van der Waals surface area contributed by atoms with Crippen molar-refractivity contribution < 1.29 is 4.79 Å². The van der Waals surface area contributed by atoms with Crippen LogP contribution in [0.25, 0.3) is 5.65 Å². The molecule has 3 aromatic heterocycles. The lowest BCUT2D eigenvalue weighted by Gasteiger charge is -2.24. The van der Waals surface area contributed by atoms with Crippen molar-refractivity contribution in [3.63, 3.8) is 0 Å². The van der Waals surface area contributed by atoms with Crippen molar-refractivity contribution in [1.29, 1.82) is 0 Å². The molecule has 4 aromatic rings. The number of hydrogen-bond acceptors (Lipinski definition) is 5. The van der Waals surface area contributed by atoms with E-state index in [-0.39, 0.29) is 5.92 Å². The Hall–Kier alpha value is -3.06. The minimum atomic E-state index is 0.167. The first-order valence-electron chi connectivity index (χ1n) is 13.4. The molecule has 5 rings (SSSR count). The Labute approximate surface area is 227 Å². The molecule has 7 heteroatoms. The van der Waals surface area contributed by atoms with Crippen LogP contribution in [-0.2, 0) is 24.2 Å². The quantitative estimate of drug-likeness (QED) is 0.216. The zero-order valence-corrected chi connectivity index (χ0v) is 23.0. The molecule has 0 saturated carbocycles. The highest BCUT2D eigenvalue weighted by molar-refractivity contribution is 9.10. The van der Waals surface area contributed by atoms with Gasteiger partial charge < -0.3 is 5.32 Å². The Kier molecular flexibility index (Phi) is 8.29. The summed E-state index contributed by atoms with van der Waals surface area (Å²) in [6, 6.07) is 14.7. The summed E-state index contributed by atoms with van der Waals surface area (Å²) in [5.41, 5.74) is 5.74. The molecule has 0 aliphatic heterocycles. The molecular weight excluding hydrogens is 526 g/mol. The molecule has 2 atom stereocenters. The van der Waals surface area contributed by atoms with Gasteiger partial charge in [-0.3, -0.25) is 9.78 Å². The molecular formula is C30H34BrN5O. The molecule has 1 aliphatic rings. The molecule has 0 amide bonds. The Morgan fingerprint density at radius 1 is 1.16 bits per heavy atom. The summed E-state index contributed by atoms with van der Waals surface area (Å²) >= 11 is 3.62. The summed E-state index contributed by atoms with van der Waals surface area (Å²) in [5, 5.41) is 8.04. The number of Topliss-reactive ketones (excluding diaryl/α,β-unsaturated/α-hetero) is 1. The Morgan fingerprint density at radius 2 is 2.03 bits per heavy atom. The molecule has 0 spiro atoms. The summed E-state index contributed by atoms with van der Waals surface area (Å²) in [5.74, 6) is 1.80. The molecule has 0 bridgehead atoms. The zero-order valence-electron chi connectivity index (χ0n) is 21.4. The third kappa shape index (κ3) is 6.09. The van der Waals surface area contributed by atoms with Crippen molar-refractivity contribution in [3.05, 3.63) is 87.9 Å². The summed E-state index contributed by atoms with van der Waals surface area (Å²) in [6.07, 6.45) is 13.0. The maximum atomic E-state index is 13.1. The number of nitrogens with one attached hydrogen (secondary N) is 1. The van der Waals surface area contributed by atoms with Crippen molar-refractivity contribution >= 4 is 33.2 Å². The van der Waals surface area contributed by atoms with E-state index >= 15 is 0 Å². The van der Waals surface area contributed by atoms with E-state index in [4.69, 9.17) is 4.98 Å². The second kappa shape index (κ2) is 12.0. The third-order valence-corrected chi connectivity index (χ3v) is 8.04. The number of fused-ring (bicyclic) bond motifs is 2. The van der Waals surface area contributed by atoms with Gasteiger partial charge in [0.05, 0.1) is 10.7 Å². The van der Waals surface area contributed by atoms with Crippen LogP contribution in [0.1, 0.15) is 73.8 Å². The molecule has 1 aromatic carbocycles. The molecule has 1 N–H and O–H groups in total. The molecule has 0 fully saturated rings. The number of carbonyl (C=O) groups is 1. The highest BCUT2D eigenvalue weighted by Gasteiger charge is 2.24. The van der Waals surface area contributed by atoms with E-state index in [2.05, 4.69) is 74.7 Å². The third-order valence-electron chi connectivity index (χ3n) is 7.48. The number of nitrogens with zero attached hydrogens (tertiary/aromatic N) is 4. The first-order valence-corrected chi connectivity index (χ1v) is 14.2. The van der Waals surface area contributed by atoms with Crippen LogP contribution in [0.5, 0.6) is 0 Å². The highest BCUT2D eigenvalue weighted by atomic mass is 79.9. The lowest BCUT2D eigenvalue weighted by atomic mass is 9.80. The number of carbonyl (C=O) groups excluding carboxylic acids is 1. The van der Waals surface area contributed by atoms with Gasteiger partial charge in [0.25, 0.3) is 0 Å². The van der Waals surface area contributed by atoms with E-state index in [1.54, 1.807) is 12.4 Å².